The molecule has 4 aliphatic carbocycles. The van der Waals surface area contributed by atoms with Crippen molar-refractivity contribution in [1.29, 1.82) is 0 Å². The maximum absolute atomic E-state index is 13.2. The Morgan fingerprint density at radius 3 is 2.58 bits per heavy atom. The molecule has 1 saturated heterocycles. The normalized spacial score (nSPS) is 32.6. The van der Waals surface area contributed by atoms with Crippen LogP contribution in [-0.4, -0.2) is 52.4 Å². The van der Waals surface area contributed by atoms with Crippen molar-refractivity contribution in [2.24, 2.45) is 23.2 Å². The number of ether oxygens (including phenoxy) is 1. The summed E-state index contributed by atoms with van der Waals surface area (Å²) >= 11 is 0. The number of methoxy groups -OCH3 is 1. The van der Waals surface area contributed by atoms with Gasteiger partial charge >= 0.3 is 0 Å². The van der Waals surface area contributed by atoms with Crippen molar-refractivity contribution in [3.05, 3.63) is 30.1 Å². The maximum atomic E-state index is 13.2. The Balaban J connectivity index is 1.19. The lowest BCUT2D eigenvalue weighted by Crippen LogP contribution is -2.47. The van der Waals surface area contributed by atoms with E-state index in [4.69, 9.17) is 4.74 Å². The van der Waals surface area contributed by atoms with Crippen LogP contribution in [0.3, 0.4) is 0 Å². The van der Waals surface area contributed by atoms with Crippen LogP contribution in [0.25, 0.3) is 5.65 Å². The average Bonchev–Trinajstić information content (AvgIpc) is 3.40. The lowest BCUT2D eigenvalue weighted by Gasteiger charge is -2.56. The van der Waals surface area contributed by atoms with Gasteiger partial charge in [0.1, 0.15) is 17.2 Å². The molecule has 7 nitrogen and oxygen atoms in total. The molecule has 0 radical (unpaired) electrons. The van der Waals surface area contributed by atoms with E-state index in [0.717, 1.165) is 37.1 Å². The molecule has 4 saturated carbocycles. The second-order valence-corrected chi connectivity index (χ2v) is 11.2. The first-order valence-corrected chi connectivity index (χ1v) is 12.6. The summed E-state index contributed by atoms with van der Waals surface area (Å²) in [5.74, 6) is 3.21. The van der Waals surface area contributed by atoms with Gasteiger partial charge < -0.3 is 15.0 Å². The third kappa shape index (κ3) is 3.84. The number of carbonyl (C=O) groups excluding carboxylic acids is 2. The van der Waals surface area contributed by atoms with Gasteiger partial charge in [-0.1, -0.05) is 6.07 Å². The Bertz CT molecular complexity index is 1040. The summed E-state index contributed by atoms with van der Waals surface area (Å²) in [5.41, 5.74) is 1.30. The van der Waals surface area contributed by atoms with Crippen molar-refractivity contribution >= 4 is 23.3 Å². The van der Waals surface area contributed by atoms with Crippen molar-refractivity contribution in [2.75, 3.05) is 25.6 Å². The van der Waals surface area contributed by atoms with Crippen LogP contribution in [0.4, 0.5) is 5.82 Å². The second kappa shape index (κ2) is 8.12. The van der Waals surface area contributed by atoms with Gasteiger partial charge in [0, 0.05) is 26.3 Å². The van der Waals surface area contributed by atoms with Gasteiger partial charge in [-0.3, -0.25) is 14.0 Å². The number of hydrogen-bond donors (Lipinski definition) is 1. The van der Waals surface area contributed by atoms with Gasteiger partial charge in [-0.2, -0.15) is 0 Å². The van der Waals surface area contributed by atoms with Crippen LogP contribution >= 0.6 is 0 Å². The number of likely N-dealkylation sites (tertiary alicyclic amines) is 1. The Labute approximate surface area is 194 Å². The molecule has 1 atom stereocenters. The van der Waals surface area contributed by atoms with Gasteiger partial charge in [-0.05, 0) is 86.7 Å². The molecule has 2 aromatic rings. The molecule has 1 aliphatic heterocycles. The predicted octanol–water partition coefficient (Wildman–Crippen LogP) is 4.13. The summed E-state index contributed by atoms with van der Waals surface area (Å²) in [6, 6.07) is 5.76. The third-order valence-electron chi connectivity index (χ3n) is 8.68. The number of rotatable bonds is 6. The van der Waals surface area contributed by atoms with E-state index in [-0.39, 0.29) is 23.3 Å². The molecule has 2 amide bonds. The van der Waals surface area contributed by atoms with E-state index in [1.165, 1.54) is 38.5 Å². The zero-order valence-electron chi connectivity index (χ0n) is 19.5. The molecule has 0 unspecified atom stereocenters. The molecule has 3 heterocycles. The number of carbonyl (C=O) groups is 2. The molecule has 5 fully saturated rings. The summed E-state index contributed by atoms with van der Waals surface area (Å²) in [6.45, 7) is 1.28. The largest absolute Gasteiger partial charge is 0.383 e. The van der Waals surface area contributed by atoms with Crippen LogP contribution in [0.15, 0.2) is 24.4 Å². The van der Waals surface area contributed by atoms with E-state index in [2.05, 4.69) is 10.3 Å². The number of nitrogens with zero attached hydrogens (tertiary/aromatic N) is 3. The van der Waals surface area contributed by atoms with E-state index >= 15 is 0 Å². The SMILES string of the molecule is COC[C@@H]1CCCN1C(=O)c1cn2c(NC(=O)CC34CC5CC(CC(C5)C3)C4)cccc2n1. The van der Waals surface area contributed by atoms with Crippen LogP contribution in [-0.2, 0) is 9.53 Å². The fourth-order valence-corrected chi connectivity index (χ4v) is 7.87. The van der Waals surface area contributed by atoms with Crippen molar-refractivity contribution < 1.29 is 14.3 Å². The Morgan fingerprint density at radius 1 is 1.15 bits per heavy atom. The first kappa shape index (κ1) is 21.1. The average molecular weight is 451 g/mol. The van der Waals surface area contributed by atoms with Crippen molar-refractivity contribution in [3.8, 4) is 0 Å². The summed E-state index contributed by atoms with van der Waals surface area (Å²) in [6.07, 6.45) is 12.1. The highest BCUT2D eigenvalue weighted by Gasteiger charge is 2.51. The predicted molar refractivity (Wildman–Crippen MR) is 125 cm³/mol. The van der Waals surface area contributed by atoms with Crippen LogP contribution in [0.5, 0.6) is 0 Å². The molecule has 0 spiro atoms. The molecule has 1 N–H and O–H groups in total. The van der Waals surface area contributed by atoms with Gasteiger partial charge in [0.2, 0.25) is 5.91 Å². The molecular weight excluding hydrogens is 416 g/mol. The zero-order chi connectivity index (χ0) is 22.6. The second-order valence-electron chi connectivity index (χ2n) is 11.2. The van der Waals surface area contributed by atoms with E-state index in [1.807, 2.05) is 27.5 Å². The lowest BCUT2D eigenvalue weighted by molar-refractivity contribution is -0.124. The fraction of sp³-hybridized carbons (Fsp3) is 0.654. The molecular formula is C26H34N4O3. The monoisotopic (exact) mass is 450 g/mol. The Kier molecular flexibility index (Phi) is 5.20. The highest BCUT2D eigenvalue weighted by Crippen LogP contribution is 2.61. The smallest absolute Gasteiger partial charge is 0.274 e. The number of nitrogens with one attached hydrogen (secondary N) is 1. The maximum Gasteiger partial charge on any atom is 0.274 e. The van der Waals surface area contributed by atoms with Crippen LogP contribution in [0, 0.1) is 23.2 Å². The topological polar surface area (TPSA) is 75.9 Å². The molecule has 5 aliphatic rings. The van der Waals surface area contributed by atoms with Crippen LogP contribution in [0.1, 0.15) is 68.3 Å². The summed E-state index contributed by atoms with van der Waals surface area (Å²) in [7, 11) is 1.67. The number of anilines is 1. The quantitative estimate of drug-likeness (QED) is 0.718. The van der Waals surface area contributed by atoms with E-state index in [1.54, 1.807) is 13.3 Å². The summed E-state index contributed by atoms with van der Waals surface area (Å²) in [5, 5.41) is 3.15. The molecule has 7 heteroatoms. The van der Waals surface area contributed by atoms with Crippen molar-refractivity contribution in [1.82, 2.24) is 14.3 Å². The first-order valence-electron chi connectivity index (χ1n) is 12.6. The molecule has 0 aromatic carbocycles. The van der Waals surface area contributed by atoms with Gasteiger partial charge in [-0.25, -0.2) is 4.98 Å². The van der Waals surface area contributed by atoms with E-state index in [0.29, 0.717) is 30.2 Å². The van der Waals surface area contributed by atoms with Crippen molar-refractivity contribution in [3.63, 3.8) is 0 Å². The molecule has 33 heavy (non-hydrogen) atoms. The summed E-state index contributed by atoms with van der Waals surface area (Å²) < 4.78 is 7.14. The van der Waals surface area contributed by atoms with Gasteiger partial charge in [-0.15, -0.1) is 0 Å². The van der Waals surface area contributed by atoms with E-state index < -0.39 is 0 Å². The highest BCUT2D eigenvalue weighted by molar-refractivity contribution is 5.94. The summed E-state index contributed by atoms with van der Waals surface area (Å²) in [4.78, 5) is 32.8. The minimum atomic E-state index is -0.0657. The molecule has 2 aromatic heterocycles. The minimum absolute atomic E-state index is 0.0657. The Morgan fingerprint density at radius 2 is 1.88 bits per heavy atom. The Hall–Kier alpha value is -2.41. The van der Waals surface area contributed by atoms with Gasteiger partial charge in [0.25, 0.3) is 5.91 Å². The number of amides is 2. The lowest BCUT2D eigenvalue weighted by atomic mass is 9.49. The number of fused-ring (bicyclic) bond motifs is 1. The van der Waals surface area contributed by atoms with Crippen LogP contribution < -0.4 is 5.32 Å². The van der Waals surface area contributed by atoms with Gasteiger partial charge in [0.05, 0.1) is 12.6 Å². The molecule has 7 rings (SSSR count). The first-order chi connectivity index (χ1) is 16.0. The number of aromatic nitrogens is 2. The molecule has 176 valence electrons. The standard InChI is InChI=1S/C26H34N4O3/c1-33-16-20-4-3-7-29(20)25(32)21-15-30-22(27-21)5-2-6-23(30)28-24(31)14-26-11-17-8-18(12-26)10-19(9-17)13-26/h2,5-6,15,17-20H,3-4,7-14,16H2,1H3,(H,28,31)/t17?,18?,19?,20-,26?/m0/s1. The highest BCUT2D eigenvalue weighted by atomic mass is 16.5. The minimum Gasteiger partial charge on any atom is -0.383 e. The number of hydrogen-bond acceptors (Lipinski definition) is 4. The number of imidazole rings is 1. The van der Waals surface area contributed by atoms with Crippen LogP contribution in [0.2, 0.25) is 0 Å². The zero-order valence-corrected chi connectivity index (χ0v) is 19.5. The van der Waals surface area contributed by atoms with Crippen molar-refractivity contribution in [2.45, 2.75) is 63.8 Å². The van der Waals surface area contributed by atoms with E-state index in [9.17, 15) is 9.59 Å². The van der Waals surface area contributed by atoms with Gasteiger partial charge in [0.15, 0.2) is 0 Å². The number of pyridine rings is 1. The third-order valence-corrected chi connectivity index (χ3v) is 8.68. The molecule has 4 bridgehead atoms. The fourth-order valence-electron chi connectivity index (χ4n) is 7.87.